The summed E-state index contributed by atoms with van der Waals surface area (Å²) in [6.07, 6.45) is 2.53. The number of carbonyl (C=O) groups excluding carboxylic acids is 1. The van der Waals surface area contributed by atoms with Crippen LogP contribution in [0.15, 0.2) is 34.2 Å². The van der Waals surface area contributed by atoms with Gasteiger partial charge in [0, 0.05) is 18.5 Å². The second kappa shape index (κ2) is 9.62. The molecule has 3 heterocycles. The number of piperidine rings is 1. The molecule has 1 unspecified atom stereocenters. The monoisotopic (exact) mass is 440 g/mol. The summed E-state index contributed by atoms with van der Waals surface area (Å²) in [5.41, 5.74) is 3.15. The molecule has 31 heavy (non-hydrogen) atoms. The van der Waals surface area contributed by atoms with E-state index in [1.165, 1.54) is 24.2 Å². The maximum absolute atomic E-state index is 12.9. The fraction of sp³-hybridized carbons (Fsp3) is 0.435. The number of nitrogens with one attached hydrogen (secondary N) is 1. The SMILES string of the molecule is Cc1noc(C)c1COc1ccccc1C(=O)Nc1nc(CN2CCCC(C)C2)cs1. The Morgan fingerprint density at radius 2 is 2.19 bits per heavy atom. The van der Waals surface area contributed by atoms with Crippen molar-refractivity contribution in [3.05, 3.63) is 57.9 Å². The molecule has 4 rings (SSSR count). The lowest BCUT2D eigenvalue weighted by Gasteiger charge is -2.30. The zero-order chi connectivity index (χ0) is 21.8. The molecule has 0 bridgehead atoms. The Kier molecular flexibility index (Phi) is 6.67. The molecule has 1 aliphatic heterocycles. The van der Waals surface area contributed by atoms with Gasteiger partial charge in [0.15, 0.2) is 5.13 Å². The Morgan fingerprint density at radius 3 is 2.97 bits per heavy atom. The van der Waals surface area contributed by atoms with Crippen LogP contribution in [-0.2, 0) is 13.2 Å². The summed E-state index contributed by atoms with van der Waals surface area (Å²) in [4.78, 5) is 20.0. The molecule has 0 radical (unpaired) electrons. The summed E-state index contributed by atoms with van der Waals surface area (Å²) in [7, 11) is 0. The summed E-state index contributed by atoms with van der Waals surface area (Å²) < 4.78 is 11.1. The Hall–Kier alpha value is -2.71. The van der Waals surface area contributed by atoms with Gasteiger partial charge in [-0.05, 0) is 51.3 Å². The number of nitrogens with zero attached hydrogens (tertiary/aromatic N) is 3. The third-order valence-electron chi connectivity index (χ3n) is 5.58. The highest BCUT2D eigenvalue weighted by Crippen LogP contribution is 2.25. The van der Waals surface area contributed by atoms with Crippen molar-refractivity contribution in [1.82, 2.24) is 15.0 Å². The van der Waals surface area contributed by atoms with E-state index in [0.29, 0.717) is 23.1 Å². The van der Waals surface area contributed by atoms with Crippen molar-refractivity contribution in [2.75, 3.05) is 18.4 Å². The number of carbonyl (C=O) groups is 1. The van der Waals surface area contributed by atoms with Crippen molar-refractivity contribution in [2.45, 2.75) is 46.8 Å². The number of hydrogen-bond acceptors (Lipinski definition) is 7. The number of aryl methyl sites for hydroxylation is 2. The average Bonchev–Trinajstić information content (AvgIpc) is 3.32. The summed E-state index contributed by atoms with van der Waals surface area (Å²) >= 11 is 1.45. The molecule has 1 aromatic carbocycles. The largest absolute Gasteiger partial charge is 0.488 e. The lowest BCUT2D eigenvalue weighted by molar-refractivity contribution is 0.102. The quantitative estimate of drug-likeness (QED) is 0.568. The number of aromatic nitrogens is 2. The first-order chi connectivity index (χ1) is 15.0. The molecular weight excluding hydrogens is 412 g/mol. The molecule has 7 nitrogen and oxygen atoms in total. The van der Waals surface area contributed by atoms with Gasteiger partial charge in [0.25, 0.3) is 5.91 Å². The number of para-hydroxylation sites is 1. The van der Waals surface area contributed by atoms with Crippen molar-refractivity contribution in [2.24, 2.45) is 5.92 Å². The van der Waals surface area contributed by atoms with E-state index in [1.807, 2.05) is 31.4 Å². The summed E-state index contributed by atoms with van der Waals surface area (Å²) in [5, 5.41) is 9.49. The summed E-state index contributed by atoms with van der Waals surface area (Å²) in [5.74, 6) is 1.73. The molecule has 1 amide bonds. The first-order valence-electron chi connectivity index (χ1n) is 10.6. The maximum Gasteiger partial charge on any atom is 0.261 e. The van der Waals surface area contributed by atoms with Crippen LogP contribution in [0.3, 0.4) is 0 Å². The molecule has 1 atom stereocenters. The average molecular weight is 441 g/mol. The molecule has 1 fully saturated rings. The van der Waals surface area contributed by atoms with E-state index < -0.39 is 0 Å². The number of rotatable bonds is 7. The molecule has 0 aliphatic carbocycles. The molecule has 0 spiro atoms. The Balaban J connectivity index is 1.39. The molecular formula is C23H28N4O3S. The highest BCUT2D eigenvalue weighted by Gasteiger charge is 2.19. The van der Waals surface area contributed by atoms with Crippen LogP contribution >= 0.6 is 11.3 Å². The third-order valence-corrected chi connectivity index (χ3v) is 6.39. The highest BCUT2D eigenvalue weighted by molar-refractivity contribution is 7.14. The van der Waals surface area contributed by atoms with Gasteiger partial charge in [-0.15, -0.1) is 11.3 Å². The summed E-state index contributed by atoms with van der Waals surface area (Å²) in [6.45, 7) is 9.35. The van der Waals surface area contributed by atoms with E-state index in [0.717, 1.165) is 48.3 Å². The third kappa shape index (κ3) is 5.32. The zero-order valence-corrected chi connectivity index (χ0v) is 19.0. The van der Waals surface area contributed by atoms with E-state index in [4.69, 9.17) is 9.26 Å². The molecule has 0 saturated carbocycles. The van der Waals surface area contributed by atoms with Gasteiger partial charge in [-0.3, -0.25) is 15.0 Å². The van der Waals surface area contributed by atoms with Gasteiger partial charge in [-0.2, -0.15) is 0 Å². The first-order valence-corrected chi connectivity index (χ1v) is 11.5. The van der Waals surface area contributed by atoms with Crippen molar-refractivity contribution >= 4 is 22.4 Å². The van der Waals surface area contributed by atoms with Gasteiger partial charge in [0.05, 0.1) is 22.5 Å². The van der Waals surface area contributed by atoms with Crippen molar-refractivity contribution in [3.63, 3.8) is 0 Å². The molecule has 8 heteroatoms. The lowest BCUT2D eigenvalue weighted by atomic mass is 10.0. The van der Waals surface area contributed by atoms with Crippen molar-refractivity contribution in [3.8, 4) is 5.75 Å². The number of benzene rings is 1. The molecule has 2 aromatic heterocycles. The topological polar surface area (TPSA) is 80.5 Å². The van der Waals surface area contributed by atoms with Crippen LogP contribution in [0.25, 0.3) is 0 Å². The fourth-order valence-electron chi connectivity index (χ4n) is 3.90. The molecule has 1 saturated heterocycles. The minimum absolute atomic E-state index is 0.234. The predicted octanol–water partition coefficient (Wildman–Crippen LogP) is 4.81. The van der Waals surface area contributed by atoms with Gasteiger partial charge in [0.1, 0.15) is 18.1 Å². The number of thiazole rings is 1. The number of ether oxygens (including phenoxy) is 1. The first kappa shape index (κ1) is 21.5. The minimum atomic E-state index is -0.234. The van der Waals surface area contributed by atoms with Crippen LogP contribution in [0.5, 0.6) is 5.75 Å². The zero-order valence-electron chi connectivity index (χ0n) is 18.2. The van der Waals surface area contributed by atoms with Crippen LogP contribution in [0.4, 0.5) is 5.13 Å². The van der Waals surface area contributed by atoms with Gasteiger partial charge >= 0.3 is 0 Å². The Morgan fingerprint density at radius 1 is 1.35 bits per heavy atom. The number of likely N-dealkylation sites (tertiary alicyclic amines) is 1. The van der Waals surface area contributed by atoms with Gasteiger partial charge in [-0.25, -0.2) is 4.98 Å². The highest BCUT2D eigenvalue weighted by atomic mass is 32.1. The normalized spacial score (nSPS) is 16.9. The van der Waals surface area contributed by atoms with E-state index in [-0.39, 0.29) is 5.91 Å². The predicted molar refractivity (Wildman–Crippen MR) is 120 cm³/mol. The number of amides is 1. The van der Waals surface area contributed by atoms with Crippen molar-refractivity contribution < 1.29 is 14.1 Å². The standard InChI is InChI=1S/C23H28N4O3S/c1-15-7-6-10-27(11-15)12-18-14-31-23(24-18)25-22(28)19-8-4-5-9-21(19)29-13-20-16(2)26-30-17(20)3/h4-5,8-9,14-15H,6-7,10-13H2,1-3H3,(H,24,25,28). The minimum Gasteiger partial charge on any atom is -0.488 e. The smallest absolute Gasteiger partial charge is 0.261 e. The van der Waals surface area contributed by atoms with Gasteiger partial charge in [0.2, 0.25) is 0 Å². The van der Waals surface area contributed by atoms with Crippen molar-refractivity contribution in [1.29, 1.82) is 0 Å². The van der Waals surface area contributed by atoms with Crippen LogP contribution in [0.1, 0.15) is 52.8 Å². The second-order valence-electron chi connectivity index (χ2n) is 8.17. The molecule has 3 aromatic rings. The van der Waals surface area contributed by atoms with Gasteiger partial charge in [-0.1, -0.05) is 24.2 Å². The lowest BCUT2D eigenvalue weighted by Crippen LogP contribution is -2.33. The van der Waals surface area contributed by atoms with Crippen LogP contribution in [0.2, 0.25) is 0 Å². The Labute approximate surface area is 186 Å². The maximum atomic E-state index is 12.9. The van der Waals surface area contributed by atoms with E-state index >= 15 is 0 Å². The second-order valence-corrected chi connectivity index (χ2v) is 9.03. The molecule has 164 valence electrons. The van der Waals surface area contributed by atoms with Crippen LogP contribution < -0.4 is 10.1 Å². The molecule has 1 N–H and O–H groups in total. The van der Waals surface area contributed by atoms with E-state index in [9.17, 15) is 4.79 Å². The number of hydrogen-bond donors (Lipinski definition) is 1. The van der Waals surface area contributed by atoms with E-state index in [1.54, 1.807) is 12.1 Å². The Bertz CT molecular complexity index is 1030. The fourth-order valence-corrected chi connectivity index (χ4v) is 4.60. The van der Waals surface area contributed by atoms with E-state index in [2.05, 4.69) is 27.3 Å². The molecule has 1 aliphatic rings. The van der Waals surface area contributed by atoms with Crippen LogP contribution in [0, 0.1) is 19.8 Å². The summed E-state index contributed by atoms with van der Waals surface area (Å²) in [6, 6.07) is 7.21. The van der Waals surface area contributed by atoms with Gasteiger partial charge < -0.3 is 9.26 Å². The number of anilines is 1. The van der Waals surface area contributed by atoms with Crippen LogP contribution in [-0.4, -0.2) is 34.0 Å².